The molecule has 0 aliphatic carbocycles. The van der Waals surface area contributed by atoms with Crippen LogP contribution in [0.2, 0.25) is 0 Å². The molecular weight excluding hydrogens is 254 g/mol. The van der Waals surface area contributed by atoms with Gasteiger partial charge in [-0.15, -0.1) is 0 Å². The molecule has 0 aromatic heterocycles. The first-order chi connectivity index (χ1) is 9.63. The molecule has 0 spiro atoms. The average molecular weight is 275 g/mol. The van der Waals surface area contributed by atoms with Gasteiger partial charge in [-0.1, -0.05) is 18.2 Å². The van der Waals surface area contributed by atoms with Gasteiger partial charge in [-0.05, 0) is 19.1 Å². The number of rotatable bonds is 3. The smallest absolute Gasteiger partial charge is 0.253 e. The van der Waals surface area contributed by atoms with Crippen molar-refractivity contribution in [3.8, 4) is 0 Å². The van der Waals surface area contributed by atoms with Crippen molar-refractivity contribution in [1.29, 1.82) is 0 Å². The van der Waals surface area contributed by atoms with Gasteiger partial charge in [0.25, 0.3) is 5.91 Å². The zero-order valence-corrected chi connectivity index (χ0v) is 12.0. The number of amides is 2. The third kappa shape index (κ3) is 3.17. The van der Waals surface area contributed by atoms with Gasteiger partial charge in [0.05, 0.1) is 6.04 Å². The fourth-order valence-corrected chi connectivity index (χ4v) is 2.45. The quantitative estimate of drug-likeness (QED) is 0.878. The molecule has 1 heterocycles. The summed E-state index contributed by atoms with van der Waals surface area (Å²) in [6, 6.07) is 9.17. The second kappa shape index (κ2) is 6.52. The molecule has 0 unspecified atom stereocenters. The first-order valence-corrected chi connectivity index (χ1v) is 6.93. The van der Waals surface area contributed by atoms with Crippen LogP contribution in [0.25, 0.3) is 0 Å². The molecule has 1 N–H and O–H groups in total. The van der Waals surface area contributed by atoms with E-state index < -0.39 is 0 Å². The van der Waals surface area contributed by atoms with Crippen LogP contribution in [0.15, 0.2) is 30.3 Å². The molecule has 2 amide bonds. The van der Waals surface area contributed by atoms with Crippen molar-refractivity contribution in [2.24, 2.45) is 0 Å². The second-order valence-electron chi connectivity index (χ2n) is 4.98. The molecule has 5 nitrogen and oxygen atoms in total. The predicted octanol–water partition coefficient (Wildman–Crippen LogP) is 0.579. The van der Waals surface area contributed by atoms with E-state index in [1.54, 1.807) is 7.05 Å². The van der Waals surface area contributed by atoms with E-state index >= 15 is 0 Å². The summed E-state index contributed by atoms with van der Waals surface area (Å²) in [4.78, 5) is 27.9. The Morgan fingerprint density at radius 1 is 1.10 bits per heavy atom. The lowest BCUT2D eigenvalue weighted by Crippen LogP contribution is -2.54. The highest BCUT2D eigenvalue weighted by molar-refractivity contribution is 5.94. The van der Waals surface area contributed by atoms with E-state index in [9.17, 15) is 9.59 Å². The van der Waals surface area contributed by atoms with E-state index in [0.717, 1.165) is 18.7 Å². The van der Waals surface area contributed by atoms with Gasteiger partial charge in [0.15, 0.2) is 0 Å². The molecule has 1 aliphatic rings. The highest BCUT2D eigenvalue weighted by Crippen LogP contribution is 2.10. The average Bonchev–Trinajstić information content (AvgIpc) is 2.53. The summed E-state index contributed by atoms with van der Waals surface area (Å²) < 4.78 is 0. The fourth-order valence-electron chi connectivity index (χ4n) is 2.45. The molecule has 1 fully saturated rings. The van der Waals surface area contributed by atoms with Gasteiger partial charge in [0, 0.05) is 38.8 Å². The molecule has 1 atom stereocenters. The molecule has 1 aromatic rings. The van der Waals surface area contributed by atoms with Crippen LogP contribution < -0.4 is 5.32 Å². The van der Waals surface area contributed by atoms with E-state index in [4.69, 9.17) is 0 Å². The molecule has 1 saturated heterocycles. The molecule has 20 heavy (non-hydrogen) atoms. The normalized spacial score (nSPS) is 17.6. The summed E-state index contributed by atoms with van der Waals surface area (Å²) >= 11 is 0. The van der Waals surface area contributed by atoms with Crippen LogP contribution in [0.3, 0.4) is 0 Å². The molecular formula is C15H21N3O2. The summed E-state index contributed by atoms with van der Waals surface area (Å²) in [5.41, 5.74) is 0.722. The standard InChI is InChI=1S/C15H21N3O2/c1-12(14(19)16-2)17-8-10-18(11-9-17)15(20)13-6-4-3-5-7-13/h3-7,12H,8-11H2,1-2H3,(H,16,19)/t12-/m1/s1. The lowest BCUT2D eigenvalue weighted by atomic mass is 10.1. The molecule has 1 aromatic carbocycles. The molecule has 0 radical (unpaired) electrons. The van der Waals surface area contributed by atoms with Crippen molar-refractivity contribution in [3.05, 3.63) is 35.9 Å². The predicted molar refractivity (Wildman–Crippen MR) is 77.4 cm³/mol. The van der Waals surface area contributed by atoms with Gasteiger partial charge in [-0.2, -0.15) is 0 Å². The minimum Gasteiger partial charge on any atom is -0.358 e. The SMILES string of the molecule is CNC(=O)[C@@H](C)N1CCN(C(=O)c2ccccc2)CC1. The molecule has 5 heteroatoms. The summed E-state index contributed by atoms with van der Waals surface area (Å²) in [5, 5.41) is 2.66. The summed E-state index contributed by atoms with van der Waals surface area (Å²) in [7, 11) is 1.65. The minimum atomic E-state index is -0.144. The lowest BCUT2D eigenvalue weighted by Gasteiger charge is -2.37. The Morgan fingerprint density at radius 2 is 1.70 bits per heavy atom. The zero-order valence-electron chi connectivity index (χ0n) is 12.0. The van der Waals surface area contributed by atoms with Crippen molar-refractivity contribution >= 4 is 11.8 Å². The maximum atomic E-state index is 12.3. The lowest BCUT2D eigenvalue weighted by molar-refractivity contribution is -0.125. The van der Waals surface area contributed by atoms with E-state index in [-0.39, 0.29) is 17.9 Å². The van der Waals surface area contributed by atoms with Crippen molar-refractivity contribution < 1.29 is 9.59 Å². The van der Waals surface area contributed by atoms with Crippen molar-refractivity contribution in [1.82, 2.24) is 15.1 Å². The maximum Gasteiger partial charge on any atom is 0.253 e. The Labute approximate surface area is 119 Å². The van der Waals surface area contributed by atoms with Crippen LogP contribution in [-0.2, 0) is 4.79 Å². The van der Waals surface area contributed by atoms with Crippen molar-refractivity contribution in [3.63, 3.8) is 0 Å². The van der Waals surface area contributed by atoms with Gasteiger partial charge in [0.1, 0.15) is 0 Å². The van der Waals surface area contributed by atoms with Gasteiger partial charge in [0.2, 0.25) is 5.91 Å². The first kappa shape index (κ1) is 14.5. The number of benzene rings is 1. The highest BCUT2D eigenvalue weighted by atomic mass is 16.2. The van der Waals surface area contributed by atoms with Crippen LogP contribution in [0, 0.1) is 0 Å². The molecule has 0 bridgehead atoms. The first-order valence-electron chi connectivity index (χ1n) is 6.93. The van der Waals surface area contributed by atoms with Gasteiger partial charge >= 0.3 is 0 Å². The third-order valence-corrected chi connectivity index (χ3v) is 3.80. The monoisotopic (exact) mass is 275 g/mol. The molecule has 108 valence electrons. The summed E-state index contributed by atoms with van der Waals surface area (Å²) in [6.07, 6.45) is 0. The molecule has 2 rings (SSSR count). The van der Waals surface area contributed by atoms with Crippen LogP contribution >= 0.6 is 0 Å². The number of nitrogens with one attached hydrogen (secondary N) is 1. The number of hydrogen-bond acceptors (Lipinski definition) is 3. The van der Waals surface area contributed by atoms with Crippen LogP contribution in [-0.4, -0.2) is 60.9 Å². The van der Waals surface area contributed by atoms with Crippen molar-refractivity contribution in [2.75, 3.05) is 33.2 Å². The van der Waals surface area contributed by atoms with Crippen molar-refractivity contribution in [2.45, 2.75) is 13.0 Å². The van der Waals surface area contributed by atoms with E-state index in [1.807, 2.05) is 42.2 Å². The minimum absolute atomic E-state index is 0.0211. The Morgan fingerprint density at radius 3 is 2.25 bits per heavy atom. The molecule has 1 aliphatic heterocycles. The number of carbonyl (C=O) groups is 2. The number of carbonyl (C=O) groups excluding carboxylic acids is 2. The van der Waals surface area contributed by atoms with Gasteiger partial charge in [-0.25, -0.2) is 0 Å². The number of hydrogen-bond donors (Lipinski definition) is 1. The number of likely N-dealkylation sites (N-methyl/N-ethyl adjacent to an activating group) is 1. The summed E-state index contributed by atoms with van der Waals surface area (Å²) in [6.45, 7) is 4.68. The Hall–Kier alpha value is -1.88. The van der Waals surface area contributed by atoms with Crippen LogP contribution in [0.1, 0.15) is 17.3 Å². The van der Waals surface area contributed by atoms with E-state index in [1.165, 1.54) is 0 Å². The van der Waals surface area contributed by atoms with Crippen LogP contribution in [0.5, 0.6) is 0 Å². The van der Waals surface area contributed by atoms with Gasteiger partial charge < -0.3 is 10.2 Å². The van der Waals surface area contributed by atoms with E-state index in [0.29, 0.717) is 13.1 Å². The highest BCUT2D eigenvalue weighted by Gasteiger charge is 2.27. The topological polar surface area (TPSA) is 52.7 Å². The Bertz CT molecular complexity index is 467. The maximum absolute atomic E-state index is 12.3. The van der Waals surface area contributed by atoms with Gasteiger partial charge in [-0.3, -0.25) is 14.5 Å². The van der Waals surface area contributed by atoms with Crippen LogP contribution in [0.4, 0.5) is 0 Å². The number of piperazine rings is 1. The Kier molecular flexibility index (Phi) is 4.74. The third-order valence-electron chi connectivity index (χ3n) is 3.80. The zero-order chi connectivity index (χ0) is 14.5. The Balaban J connectivity index is 1.91. The largest absolute Gasteiger partial charge is 0.358 e. The van der Waals surface area contributed by atoms with E-state index in [2.05, 4.69) is 10.2 Å². The second-order valence-corrected chi connectivity index (χ2v) is 4.98. The fraction of sp³-hybridized carbons (Fsp3) is 0.467. The molecule has 0 saturated carbocycles. The summed E-state index contributed by atoms with van der Waals surface area (Å²) in [5.74, 6) is 0.0886. The number of nitrogens with zero attached hydrogens (tertiary/aromatic N) is 2.